The Morgan fingerprint density at radius 1 is 0.595 bits per heavy atom. The highest BCUT2D eigenvalue weighted by molar-refractivity contribution is 7.92. The van der Waals surface area contributed by atoms with Crippen molar-refractivity contribution in [2.24, 2.45) is 0 Å². The lowest BCUT2D eigenvalue weighted by molar-refractivity contribution is 0.262. The zero-order valence-corrected chi connectivity index (χ0v) is 21.2. The molecule has 0 radical (unpaired) electrons. The van der Waals surface area contributed by atoms with Crippen LogP contribution in [0.3, 0.4) is 0 Å². The predicted octanol–water partition coefficient (Wildman–Crippen LogP) is 4.97. The summed E-state index contributed by atoms with van der Waals surface area (Å²) in [6.45, 7) is 0. The van der Waals surface area contributed by atoms with Gasteiger partial charge in [0.1, 0.15) is 5.75 Å². The molecule has 37 heavy (non-hydrogen) atoms. The number of sulfone groups is 1. The van der Waals surface area contributed by atoms with E-state index in [0.717, 1.165) is 0 Å². The van der Waals surface area contributed by atoms with Gasteiger partial charge in [-0.2, -0.15) is 0 Å². The fourth-order valence-electron chi connectivity index (χ4n) is 3.34. The number of urea groups is 1. The molecule has 0 aromatic heterocycles. The molecule has 2 amide bonds. The summed E-state index contributed by atoms with van der Waals surface area (Å²) in [5.74, 6) is 0.658. The number of hydrogen-bond acceptors (Lipinski definition) is 6. The van der Waals surface area contributed by atoms with Crippen molar-refractivity contribution in [2.45, 2.75) is 14.7 Å². The summed E-state index contributed by atoms with van der Waals surface area (Å²) in [6.07, 6.45) is 0. The number of nitrogens with one attached hydrogen (secondary N) is 3. The van der Waals surface area contributed by atoms with E-state index in [1.54, 1.807) is 49.6 Å². The van der Waals surface area contributed by atoms with Crippen molar-refractivity contribution in [3.05, 3.63) is 103 Å². The van der Waals surface area contributed by atoms with Crippen molar-refractivity contribution in [3.8, 4) is 5.75 Å². The Bertz CT molecular complexity index is 1590. The number of sulfonamides is 1. The van der Waals surface area contributed by atoms with Gasteiger partial charge < -0.3 is 15.4 Å². The first-order chi connectivity index (χ1) is 17.7. The summed E-state index contributed by atoms with van der Waals surface area (Å²) in [6, 6.07) is 25.3. The molecule has 0 spiro atoms. The number of carbonyl (C=O) groups excluding carboxylic acids is 1. The second-order valence-electron chi connectivity index (χ2n) is 7.78. The quantitative estimate of drug-likeness (QED) is 0.291. The second-order valence-corrected chi connectivity index (χ2v) is 11.4. The summed E-state index contributed by atoms with van der Waals surface area (Å²) >= 11 is 0. The predicted molar refractivity (Wildman–Crippen MR) is 141 cm³/mol. The molecule has 0 saturated carbocycles. The van der Waals surface area contributed by atoms with Crippen LogP contribution in [0.15, 0.2) is 118 Å². The maximum Gasteiger partial charge on any atom is 0.323 e. The SMILES string of the molecule is COc1ccc(NC(=O)Nc2ccc(S(=O)(=O)c3ccc(NS(=O)(=O)c4ccccc4)cc3)cc2)cc1. The lowest BCUT2D eigenvalue weighted by atomic mass is 10.3. The van der Waals surface area contributed by atoms with Gasteiger partial charge in [0, 0.05) is 17.1 Å². The third kappa shape index (κ3) is 6.26. The molecule has 0 atom stereocenters. The Morgan fingerprint density at radius 3 is 1.54 bits per heavy atom. The molecule has 0 saturated heterocycles. The Balaban J connectivity index is 1.41. The van der Waals surface area contributed by atoms with E-state index in [9.17, 15) is 21.6 Å². The number of ether oxygens (including phenoxy) is 1. The zero-order chi connectivity index (χ0) is 26.5. The smallest absolute Gasteiger partial charge is 0.323 e. The van der Waals surface area contributed by atoms with Crippen LogP contribution in [-0.2, 0) is 19.9 Å². The van der Waals surface area contributed by atoms with E-state index in [1.165, 1.54) is 60.7 Å². The molecule has 9 nitrogen and oxygen atoms in total. The number of benzene rings is 4. The molecule has 4 aromatic rings. The molecule has 0 aliphatic rings. The topological polar surface area (TPSA) is 131 Å². The van der Waals surface area contributed by atoms with Gasteiger partial charge in [-0.1, -0.05) is 18.2 Å². The third-order valence-electron chi connectivity index (χ3n) is 5.24. The van der Waals surface area contributed by atoms with Crippen LogP contribution >= 0.6 is 0 Å². The molecule has 0 unspecified atom stereocenters. The van der Waals surface area contributed by atoms with E-state index in [2.05, 4.69) is 15.4 Å². The number of methoxy groups -OCH3 is 1. The van der Waals surface area contributed by atoms with Gasteiger partial charge in [-0.05, 0) is 84.9 Å². The first-order valence-electron chi connectivity index (χ1n) is 10.9. The van der Waals surface area contributed by atoms with Crippen LogP contribution in [-0.4, -0.2) is 30.0 Å². The first kappa shape index (κ1) is 25.7. The van der Waals surface area contributed by atoms with Crippen LogP contribution in [0.2, 0.25) is 0 Å². The minimum Gasteiger partial charge on any atom is -0.497 e. The molecule has 0 aliphatic carbocycles. The van der Waals surface area contributed by atoms with Crippen LogP contribution < -0.4 is 20.1 Å². The van der Waals surface area contributed by atoms with Crippen molar-refractivity contribution < 1.29 is 26.4 Å². The van der Waals surface area contributed by atoms with E-state index < -0.39 is 25.9 Å². The fraction of sp³-hybridized carbons (Fsp3) is 0.0385. The molecular formula is C26H23N3O6S2. The molecule has 4 rings (SSSR count). The van der Waals surface area contributed by atoms with Gasteiger partial charge in [0.15, 0.2) is 0 Å². The maximum absolute atomic E-state index is 13.0. The number of rotatable bonds is 8. The summed E-state index contributed by atoms with van der Waals surface area (Å²) in [4.78, 5) is 12.3. The Kier molecular flexibility index (Phi) is 7.46. The first-order valence-corrected chi connectivity index (χ1v) is 13.9. The minimum absolute atomic E-state index is 0.00637. The number of amides is 2. The average Bonchev–Trinajstić information content (AvgIpc) is 2.90. The van der Waals surface area contributed by atoms with Crippen LogP contribution in [0.5, 0.6) is 5.75 Å². The fourth-order valence-corrected chi connectivity index (χ4v) is 5.68. The van der Waals surface area contributed by atoms with Crippen molar-refractivity contribution >= 4 is 43.0 Å². The van der Waals surface area contributed by atoms with Crippen molar-refractivity contribution in [1.82, 2.24) is 0 Å². The summed E-state index contributed by atoms with van der Waals surface area (Å²) in [5.41, 5.74) is 1.19. The molecule has 190 valence electrons. The highest BCUT2D eigenvalue weighted by Gasteiger charge is 2.19. The van der Waals surface area contributed by atoms with Crippen molar-refractivity contribution in [3.63, 3.8) is 0 Å². The lowest BCUT2D eigenvalue weighted by Crippen LogP contribution is -2.19. The van der Waals surface area contributed by atoms with Crippen LogP contribution in [0.1, 0.15) is 0 Å². The van der Waals surface area contributed by atoms with Gasteiger partial charge in [-0.3, -0.25) is 4.72 Å². The minimum atomic E-state index is -3.87. The molecule has 0 bridgehead atoms. The van der Waals surface area contributed by atoms with Gasteiger partial charge in [0.2, 0.25) is 9.84 Å². The lowest BCUT2D eigenvalue weighted by Gasteiger charge is -2.11. The van der Waals surface area contributed by atoms with Crippen molar-refractivity contribution in [1.29, 1.82) is 0 Å². The number of hydrogen-bond donors (Lipinski definition) is 3. The summed E-state index contributed by atoms with van der Waals surface area (Å²) in [5, 5.41) is 5.31. The molecule has 0 heterocycles. The average molecular weight is 538 g/mol. The van der Waals surface area contributed by atoms with E-state index in [-0.39, 0.29) is 20.4 Å². The molecule has 0 fully saturated rings. The Morgan fingerprint density at radius 2 is 1.05 bits per heavy atom. The van der Waals surface area contributed by atoms with E-state index in [0.29, 0.717) is 17.1 Å². The summed E-state index contributed by atoms with van der Waals surface area (Å²) < 4.78 is 58.5. The van der Waals surface area contributed by atoms with E-state index in [4.69, 9.17) is 4.74 Å². The molecule has 3 N–H and O–H groups in total. The van der Waals surface area contributed by atoms with Gasteiger partial charge in [-0.25, -0.2) is 21.6 Å². The van der Waals surface area contributed by atoms with Crippen molar-refractivity contribution in [2.75, 3.05) is 22.5 Å². The van der Waals surface area contributed by atoms with Crippen LogP contribution in [0.4, 0.5) is 21.9 Å². The maximum atomic E-state index is 13.0. The van der Waals surface area contributed by atoms with Gasteiger partial charge in [0.25, 0.3) is 10.0 Å². The highest BCUT2D eigenvalue weighted by Crippen LogP contribution is 2.25. The van der Waals surface area contributed by atoms with E-state index >= 15 is 0 Å². The zero-order valence-electron chi connectivity index (χ0n) is 19.6. The van der Waals surface area contributed by atoms with E-state index in [1.807, 2.05) is 0 Å². The standard InChI is InChI=1S/C26H23N3O6S2/c1-35-22-13-7-19(8-14-22)27-26(30)28-20-9-15-23(16-10-20)36(31,32)24-17-11-21(12-18-24)29-37(33,34)25-5-3-2-4-6-25/h2-18,29H,1H3,(H2,27,28,30). The van der Waals surface area contributed by atoms with Gasteiger partial charge in [0.05, 0.1) is 21.8 Å². The summed E-state index contributed by atoms with van der Waals surface area (Å²) in [7, 11) is -6.12. The normalized spacial score (nSPS) is 11.4. The second kappa shape index (κ2) is 10.7. The highest BCUT2D eigenvalue weighted by atomic mass is 32.2. The van der Waals surface area contributed by atoms with Gasteiger partial charge in [-0.15, -0.1) is 0 Å². The van der Waals surface area contributed by atoms with Crippen LogP contribution in [0.25, 0.3) is 0 Å². The van der Waals surface area contributed by atoms with Gasteiger partial charge >= 0.3 is 6.03 Å². The molecular weight excluding hydrogens is 514 g/mol. The Labute approximate surface area is 215 Å². The third-order valence-corrected chi connectivity index (χ3v) is 8.42. The molecule has 4 aromatic carbocycles. The molecule has 0 aliphatic heterocycles. The number of carbonyl (C=O) groups is 1. The molecule has 11 heteroatoms. The van der Waals surface area contributed by atoms with Crippen LogP contribution in [0, 0.1) is 0 Å². The Hall–Kier alpha value is -4.35. The number of anilines is 3. The monoisotopic (exact) mass is 537 g/mol. The largest absolute Gasteiger partial charge is 0.497 e.